The normalized spacial score (nSPS) is 33.2. The van der Waals surface area contributed by atoms with E-state index in [0.717, 1.165) is 38.5 Å². The number of nitrogens with zero attached hydrogens (tertiary/aromatic N) is 2. The van der Waals surface area contributed by atoms with Crippen molar-refractivity contribution in [1.82, 2.24) is 9.80 Å². The average Bonchev–Trinajstić information content (AvgIpc) is 2.80. The zero-order valence-corrected chi connectivity index (χ0v) is 15.1. The number of amides is 3. The van der Waals surface area contributed by atoms with Gasteiger partial charge in [0.15, 0.2) is 0 Å². The second-order valence-corrected chi connectivity index (χ2v) is 7.37. The molecule has 3 amide bonds. The van der Waals surface area contributed by atoms with Crippen LogP contribution in [0.25, 0.3) is 0 Å². The minimum absolute atomic E-state index is 0. The summed E-state index contributed by atoms with van der Waals surface area (Å²) in [6.45, 7) is 3.17. The van der Waals surface area contributed by atoms with Crippen LogP contribution in [0, 0.1) is 17.8 Å². The molecule has 2 aliphatic heterocycles. The van der Waals surface area contributed by atoms with Crippen molar-refractivity contribution in [1.29, 1.82) is 0 Å². The second-order valence-electron chi connectivity index (χ2n) is 7.37. The first-order valence-electron chi connectivity index (χ1n) is 8.87. The Hall–Kier alpha value is -1.14. The highest BCUT2D eigenvalue weighted by Crippen LogP contribution is 2.38. The topological polar surface area (TPSA) is 83.7 Å². The van der Waals surface area contributed by atoms with Crippen LogP contribution < -0.4 is 5.73 Å². The van der Waals surface area contributed by atoms with Crippen molar-refractivity contribution in [2.75, 3.05) is 19.6 Å². The van der Waals surface area contributed by atoms with Crippen molar-refractivity contribution in [2.24, 2.45) is 23.5 Å². The summed E-state index contributed by atoms with van der Waals surface area (Å²) in [7, 11) is 0. The number of hydrogen-bond acceptors (Lipinski definition) is 4. The Balaban J connectivity index is 0.00000208. The van der Waals surface area contributed by atoms with Crippen LogP contribution in [0.1, 0.15) is 45.4 Å². The molecule has 3 fully saturated rings. The van der Waals surface area contributed by atoms with E-state index in [-0.39, 0.29) is 54.6 Å². The molecule has 2 N–H and O–H groups in total. The first-order valence-corrected chi connectivity index (χ1v) is 8.87. The average molecular weight is 358 g/mol. The van der Waals surface area contributed by atoms with E-state index >= 15 is 0 Å². The number of rotatable bonds is 3. The van der Waals surface area contributed by atoms with Crippen molar-refractivity contribution < 1.29 is 14.4 Å². The Kier molecular flexibility index (Phi) is 6.26. The predicted octanol–water partition coefficient (Wildman–Crippen LogP) is 1.17. The van der Waals surface area contributed by atoms with E-state index in [1.165, 1.54) is 4.90 Å². The quantitative estimate of drug-likeness (QED) is 0.768. The summed E-state index contributed by atoms with van der Waals surface area (Å²) >= 11 is 0. The molecule has 0 radical (unpaired) electrons. The summed E-state index contributed by atoms with van der Waals surface area (Å²) in [5, 5.41) is 0. The van der Waals surface area contributed by atoms with Crippen LogP contribution in [-0.4, -0.2) is 53.2 Å². The Bertz CT molecular complexity index is 489. The molecule has 24 heavy (non-hydrogen) atoms. The highest BCUT2D eigenvalue weighted by atomic mass is 35.5. The largest absolute Gasteiger partial charge is 0.337 e. The van der Waals surface area contributed by atoms with Gasteiger partial charge in [0, 0.05) is 19.1 Å². The van der Waals surface area contributed by atoms with Crippen LogP contribution in [0.2, 0.25) is 0 Å². The Morgan fingerprint density at radius 2 is 1.71 bits per heavy atom. The monoisotopic (exact) mass is 357 g/mol. The van der Waals surface area contributed by atoms with E-state index in [1.807, 2.05) is 0 Å². The lowest BCUT2D eigenvalue weighted by molar-refractivity contribution is -0.148. The molecule has 1 saturated carbocycles. The van der Waals surface area contributed by atoms with Gasteiger partial charge in [-0.3, -0.25) is 19.3 Å². The smallest absolute Gasteiger partial charge is 0.243 e. The van der Waals surface area contributed by atoms with Gasteiger partial charge in [-0.1, -0.05) is 19.8 Å². The standard InChI is InChI=1S/C17H27N3O3.ClH/c1-11-6-7-19(12(8-11)9-18)15(21)10-20-16(22)13-4-2-3-5-14(13)17(20)23;/h11-14H,2-10,18H2,1H3;1H. The van der Waals surface area contributed by atoms with Crippen molar-refractivity contribution >= 4 is 30.1 Å². The van der Waals surface area contributed by atoms with Crippen molar-refractivity contribution in [3.63, 3.8) is 0 Å². The molecule has 136 valence electrons. The molecule has 0 aromatic rings. The maximum absolute atomic E-state index is 12.7. The minimum Gasteiger partial charge on any atom is -0.337 e. The number of carbonyl (C=O) groups excluding carboxylic acids is 3. The highest BCUT2D eigenvalue weighted by molar-refractivity contribution is 6.07. The number of likely N-dealkylation sites (tertiary alicyclic amines) is 2. The van der Waals surface area contributed by atoms with Crippen LogP contribution >= 0.6 is 12.4 Å². The minimum atomic E-state index is -0.185. The molecule has 6 nitrogen and oxygen atoms in total. The number of carbonyl (C=O) groups is 3. The van der Waals surface area contributed by atoms with Gasteiger partial charge < -0.3 is 10.6 Å². The molecule has 3 aliphatic rings. The summed E-state index contributed by atoms with van der Waals surface area (Å²) in [5.41, 5.74) is 5.81. The molecule has 0 spiro atoms. The van der Waals surface area contributed by atoms with E-state index in [0.29, 0.717) is 19.0 Å². The highest BCUT2D eigenvalue weighted by Gasteiger charge is 2.49. The molecule has 7 heteroatoms. The van der Waals surface area contributed by atoms with Gasteiger partial charge in [-0.25, -0.2) is 0 Å². The van der Waals surface area contributed by atoms with Gasteiger partial charge in [0.2, 0.25) is 17.7 Å². The molecule has 4 atom stereocenters. The number of fused-ring (bicyclic) bond motifs is 1. The molecule has 0 aromatic carbocycles. The van der Waals surface area contributed by atoms with E-state index in [9.17, 15) is 14.4 Å². The van der Waals surface area contributed by atoms with Gasteiger partial charge >= 0.3 is 0 Å². The van der Waals surface area contributed by atoms with Crippen molar-refractivity contribution in [3.8, 4) is 0 Å². The number of halogens is 1. The lowest BCUT2D eigenvalue weighted by atomic mass is 9.81. The summed E-state index contributed by atoms with van der Waals surface area (Å²) in [6, 6.07) is 0.0290. The predicted molar refractivity (Wildman–Crippen MR) is 92.4 cm³/mol. The SMILES string of the molecule is CC1CCN(C(=O)CN2C(=O)C3CCCCC3C2=O)C(CN)C1.Cl. The van der Waals surface area contributed by atoms with Crippen LogP contribution in [0.4, 0.5) is 0 Å². The number of nitrogens with two attached hydrogens (primary N) is 1. The van der Waals surface area contributed by atoms with E-state index in [4.69, 9.17) is 5.73 Å². The van der Waals surface area contributed by atoms with Crippen LogP contribution in [0.5, 0.6) is 0 Å². The van der Waals surface area contributed by atoms with Crippen molar-refractivity contribution in [2.45, 2.75) is 51.5 Å². The summed E-state index contributed by atoms with van der Waals surface area (Å²) in [6.07, 6.45) is 5.42. The third kappa shape index (κ3) is 3.45. The Morgan fingerprint density at radius 3 is 2.25 bits per heavy atom. The molecule has 1 aliphatic carbocycles. The molecule has 3 rings (SSSR count). The lowest BCUT2D eigenvalue weighted by Crippen LogP contribution is -2.52. The number of piperidine rings is 1. The first kappa shape index (κ1) is 19.2. The van der Waals surface area contributed by atoms with Gasteiger partial charge in [-0.15, -0.1) is 12.4 Å². The van der Waals surface area contributed by atoms with Gasteiger partial charge in [0.1, 0.15) is 6.54 Å². The van der Waals surface area contributed by atoms with E-state index in [2.05, 4.69) is 6.92 Å². The first-order chi connectivity index (χ1) is 11.0. The lowest BCUT2D eigenvalue weighted by Gasteiger charge is -2.38. The summed E-state index contributed by atoms with van der Waals surface area (Å²) < 4.78 is 0. The van der Waals surface area contributed by atoms with Crippen LogP contribution in [0.15, 0.2) is 0 Å². The second kappa shape index (κ2) is 7.83. The fourth-order valence-electron chi connectivity index (χ4n) is 4.42. The van der Waals surface area contributed by atoms with Gasteiger partial charge in [-0.05, 0) is 31.6 Å². The molecular weight excluding hydrogens is 330 g/mol. The summed E-state index contributed by atoms with van der Waals surface area (Å²) in [5.74, 6) is -0.213. The molecule has 4 unspecified atom stereocenters. The molecule has 0 bridgehead atoms. The summed E-state index contributed by atoms with van der Waals surface area (Å²) in [4.78, 5) is 40.6. The third-order valence-corrected chi connectivity index (χ3v) is 5.80. The zero-order chi connectivity index (χ0) is 16.6. The van der Waals surface area contributed by atoms with Crippen molar-refractivity contribution in [3.05, 3.63) is 0 Å². The Labute approximate surface area is 149 Å². The molecule has 2 heterocycles. The maximum Gasteiger partial charge on any atom is 0.243 e. The molecule has 2 saturated heterocycles. The van der Waals surface area contributed by atoms with E-state index in [1.54, 1.807) is 4.90 Å². The third-order valence-electron chi connectivity index (χ3n) is 5.80. The van der Waals surface area contributed by atoms with E-state index < -0.39 is 0 Å². The van der Waals surface area contributed by atoms with Crippen LogP contribution in [-0.2, 0) is 14.4 Å². The Morgan fingerprint density at radius 1 is 1.12 bits per heavy atom. The van der Waals surface area contributed by atoms with Gasteiger partial charge in [0.25, 0.3) is 0 Å². The zero-order valence-electron chi connectivity index (χ0n) is 14.3. The van der Waals surface area contributed by atoms with Crippen LogP contribution in [0.3, 0.4) is 0 Å². The fourth-order valence-corrected chi connectivity index (χ4v) is 4.42. The number of hydrogen-bond donors (Lipinski definition) is 1. The molecule has 0 aromatic heterocycles. The fraction of sp³-hybridized carbons (Fsp3) is 0.824. The van der Waals surface area contributed by atoms with Gasteiger partial charge in [0.05, 0.1) is 11.8 Å². The molecular formula is C17H28ClN3O3. The number of imide groups is 1. The van der Waals surface area contributed by atoms with Gasteiger partial charge in [-0.2, -0.15) is 0 Å². The maximum atomic E-state index is 12.7.